The first-order chi connectivity index (χ1) is 46.8. The zero-order valence-corrected chi connectivity index (χ0v) is 62.7. The normalized spacial score (nSPS) is 17.8. The number of aliphatic hydroxyl groups is 5. The molecular formula is C86H159NO8. The van der Waals surface area contributed by atoms with Crippen molar-refractivity contribution < 1.29 is 39.8 Å². The Kier molecular flexibility index (Phi) is 70.9. The maximum absolute atomic E-state index is 13.2. The van der Waals surface area contributed by atoms with E-state index in [0.717, 1.165) is 64.2 Å². The maximum atomic E-state index is 13.2. The average molecular weight is 1340 g/mol. The van der Waals surface area contributed by atoms with E-state index in [0.29, 0.717) is 6.42 Å². The van der Waals surface area contributed by atoms with Gasteiger partial charge in [0.05, 0.1) is 25.4 Å². The van der Waals surface area contributed by atoms with Crippen molar-refractivity contribution in [2.24, 2.45) is 0 Å². The van der Waals surface area contributed by atoms with Crippen LogP contribution in [0.5, 0.6) is 0 Å². The highest BCUT2D eigenvalue weighted by atomic mass is 16.7. The molecule has 0 aromatic rings. The Bertz CT molecular complexity index is 1740. The lowest BCUT2D eigenvalue weighted by Gasteiger charge is -2.40. The molecule has 0 radical (unpaired) electrons. The van der Waals surface area contributed by atoms with Gasteiger partial charge in [0.15, 0.2) is 6.29 Å². The van der Waals surface area contributed by atoms with Crippen LogP contribution >= 0.6 is 0 Å². The van der Waals surface area contributed by atoms with Crippen LogP contribution in [0.3, 0.4) is 0 Å². The number of carbonyl (C=O) groups excluding carboxylic acids is 1. The van der Waals surface area contributed by atoms with Crippen LogP contribution in [-0.2, 0) is 14.3 Å². The van der Waals surface area contributed by atoms with Gasteiger partial charge in [0, 0.05) is 6.42 Å². The third-order valence-corrected chi connectivity index (χ3v) is 19.8. The lowest BCUT2D eigenvalue weighted by Crippen LogP contribution is -2.60. The van der Waals surface area contributed by atoms with E-state index in [1.807, 2.05) is 6.08 Å². The number of carbonyl (C=O) groups is 1. The summed E-state index contributed by atoms with van der Waals surface area (Å²) >= 11 is 0. The fourth-order valence-corrected chi connectivity index (χ4v) is 13.3. The summed E-state index contributed by atoms with van der Waals surface area (Å²) in [6.07, 6.45) is 99.3. The van der Waals surface area contributed by atoms with Crippen molar-refractivity contribution >= 4 is 5.91 Å². The first-order valence-corrected chi connectivity index (χ1v) is 41.7. The molecule has 6 N–H and O–H groups in total. The van der Waals surface area contributed by atoms with Crippen molar-refractivity contribution in [3.8, 4) is 0 Å². The molecule has 1 aliphatic heterocycles. The molecule has 1 heterocycles. The number of nitrogens with one attached hydrogen (secondary N) is 1. The minimum absolute atomic E-state index is 0.179. The Morgan fingerprint density at radius 2 is 0.663 bits per heavy atom. The van der Waals surface area contributed by atoms with Crippen LogP contribution in [0.2, 0.25) is 0 Å². The molecular weight excluding hydrogens is 1170 g/mol. The number of unbranched alkanes of at least 4 members (excludes halogenated alkanes) is 54. The second-order valence-electron chi connectivity index (χ2n) is 28.9. The summed E-state index contributed by atoms with van der Waals surface area (Å²) in [5.74, 6) is -0.179. The van der Waals surface area contributed by atoms with Gasteiger partial charge in [-0.05, 0) is 70.6 Å². The maximum Gasteiger partial charge on any atom is 0.220 e. The molecule has 0 aliphatic carbocycles. The third-order valence-electron chi connectivity index (χ3n) is 19.8. The highest BCUT2D eigenvalue weighted by Crippen LogP contribution is 2.24. The van der Waals surface area contributed by atoms with Gasteiger partial charge in [-0.2, -0.15) is 0 Å². The van der Waals surface area contributed by atoms with E-state index in [2.05, 4.69) is 79.9 Å². The molecule has 0 aromatic carbocycles. The molecule has 1 fully saturated rings. The topological polar surface area (TPSA) is 149 Å². The van der Waals surface area contributed by atoms with Crippen molar-refractivity contribution in [2.75, 3.05) is 13.2 Å². The summed E-state index contributed by atoms with van der Waals surface area (Å²) in [6.45, 7) is 3.71. The lowest BCUT2D eigenvalue weighted by molar-refractivity contribution is -0.302. The van der Waals surface area contributed by atoms with Crippen molar-refractivity contribution in [3.63, 3.8) is 0 Å². The molecule has 1 amide bonds. The van der Waals surface area contributed by atoms with Gasteiger partial charge in [0.1, 0.15) is 24.4 Å². The average Bonchev–Trinajstić information content (AvgIpc) is 0.836. The minimum Gasteiger partial charge on any atom is -0.394 e. The van der Waals surface area contributed by atoms with Gasteiger partial charge in [-0.3, -0.25) is 4.79 Å². The monoisotopic (exact) mass is 1330 g/mol. The number of allylic oxidation sites excluding steroid dienone is 11. The highest BCUT2D eigenvalue weighted by Gasteiger charge is 2.44. The van der Waals surface area contributed by atoms with Crippen LogP contribution in [-0.4, -0.2) is 87.5 Å². The second kappa shape index (κ2) is 74.3. The Hall–Kier alpha value is -2.37. The van der Waals surface area contributed by atoms with Gasteiger partial charge in [0.25, 0.3) is 0 Å². The van der Waals surface area contributed by atoms with Crippen molar-refractivity contribution in [2.45, 2.75) is 455 Å². The SMILES string of the molecule is CC/C=C\C/C=C\C/C=C\C/C=C\CCCCCCCCCCCCCCCCCCCCCCCCCCCCC(=O)NC(COC1OC(CO)C(O)C(O)C1O)C(O)/C=C/CC/C=C/CCCCCCCCCCCCCCCCCCCCCCCCCCCCC. The molecule has 556 valence electrons. The number of aliphatic hydroxyl groups excluding tert-OH is 5. The zero-order chi connectivity index (χ0) is 68.5. The van der Waals surface area contributed by atoms with Crippen LogP contribution in [0.4, 0.5) is 0 Å². The second-order valence-corrected chi connectivity index (χ2v) is 28.9. The zero-order valence-electron chi connectivity index (χ0n) is 62.7. The van der Waals surface area contributed by atoms with E-state index >= 15 is 0 Å². The van der Waals surface area contributed by atoms with E-state index in [4.69, 9.17) is 9.47 Å². The van der Waals surface area contributed by atoms with Gasteiger partial charge >= 0.3 is 0 Å². The van der Waals surface area contributed by atoms with Gasteiger partial charge in [-0.25, -0.2) is 0 Å². The Balaban J connectivity index is 2.06. The molecule has 7 atom stereocenters. The first kappa shape index (κ1) is 90.6. The first-order valence-electron chi connectivity index (χ1n) is 41.7. The van der Waals surface area contributed by atoms with E-state index in [1.165, 1.54) is 327 Å². The van der Waals surface area contributed by atoms with E-state index in [9.17, 15) is 30.3 Å². The Morgan fingerprint density at radius 3 is 1.01 bits per heavy atom. The fraction of sp³-hybridized carbons (Fsp3) is 0.849. The smallest absolute Gasteiger partial charge is 0.220 e. The predicted octanol–water partition coefficient (Wildman–Crippen LogP) is 24.2. The fourth-order valence-electron chi connectivity index (χ4n) is 13.3. The van der Waals surface area contributed by atoms with Gasteiger partial charge in [-0.15, -0.1) is 0 Å². The van der Waals surface area contributed by atoms with Crippen LogP contribution in [0.15, 0.2) is 72.9 Å². The molecule has 1 rings (SSSR count). The van der Waals surface area contributed by atoms with Crippen molar-refractivity contribution in [1.29, 1.82) is 0 Å². The summed E-state index contributed by atoms with van der Waals surface area (Å²) in [6, 6.07) is -0.825. The number of ether oxygens (including phenoxy) is 2. The van der Waals surface area contributed by atoms with E-state index in [-0.39, 0.29) is 12.5 Å². The number of hydrogen-bond acceptors (Lipinski definition) is 8. The lowest BCUT2D eigenvalue weighted by atomic mass is 9.99. The van der Waals surface area contributed by atoms with Crippen molar-refractivity contribution in [1.82, 2.24) is 5.32 Å². The molecule has 0 aromatic heterocycles. The van der Waals surface area contributed by atoms with E-state index < -0.39 is 49.5 Å². The summed E-state index contributed by atoms with van der Waals surface area (Å²) in [5.41, 5.74) is 0. The quantitative estimate of drug-likeness (QED) is 0.0261. The number of hydrogen-bond donors (Lipinski definition) is 6. The van der Waals surface area contributed by atoms with Crippen LogP contribution in [0.25, 0.3) is 0 Å². The molecule has 1 aliphatic rings. The molecule has 9 nitrogen and oxygen atoms in total. The molecule has 0 spiro atoms. The van der Waals surface area contributed by atoms with Crippen molar-refractivity contribution in [3.05, 3.63) is 72.9 Å². The van der Waals surface area contributed by atoms with Crippen LogP contribution in [0.1, 0.15) is 412 Å². The molecule has 7 unspecified atom stereocenters. The largest absolute Gasteiger partial charge is 0.394 e. The van der Waals surface area contributed by atoms with Gasteiger partial charge < -0.3 is 40.3 Å². The van der Waals surface area contributed by atoms with Crippen LogP contribution < -0.4 is 5.32 Å². The molecule has 95 heavy (non-hydrogen) atoms. The molecule has 0 saturated carbocycles. The molecule has 0 bridgehead atoms. The summed E-state index contributed by atoms with van der Waals surface area (Å²) in [4.78, 5) is 13.2. The number of amides is 1. The summed E-state index contributed by atoms with van der Waals surface area (Å²) in [7, 11) is 0. The number of rotatable bonds is 74. The van der Waals surface area contributed by atoms with Gasteiger partial charge in [-0.1, -0.05) is 408 Å². The summed E-state index contributed by atoms with van der Waals surface area (Å²) < 4.78 is 11.3. The highest BCUT2D eigenvalue weighted by molar-refractivity contribution is 5.76. The Morgan fingerprint density at radius 1 is 0.368 bits per heavy atom. The third kappa shape index (κ3) is 62.4. The summed E-state index contributed by atoms with van der Waals surface area (Å²) in [5, 5.41) is 54.9. The standard InChI is InChI=1S/C86H159NO8/c1-3-5-7-9-11-13-15-17-19-21-23-25-27-29-31-33-35-37-38-39-40-41-42-44-46-48-50-52-54-56-58-60-62-64-66-68-70-72-74-76-82(90)87-79(78-94-86-85(93)84(92)83(91)81(77-88)95-86)80(89)75-73-71-69-67-65-63-61-59-57-55-53-51-49-47-45-43-36-34-32-30-28-26-24-22-20-18-16-14-12-10-8-6-4-2/h5,7,11,13,17,19,23,25,65,67,73,75,79-81,83-86,88-89,91-93H,3-4,6,8-10,12,14-16,18,20-22,24,26-64,66,68-72,74,76-78H2,1-2H3,(H,87,90)/b7-5-,13-11-,19-17-,25-23-,67-65+,75-73+. The van der Waals surface area contributed by atoms with Gasteiger partial charge in [0.2, 0.25) is 5.91 Å². The molecule has 1 saturated heterocycles. The minimum atomic E-state index is -1.57. The predicted molar refractivity (Wildman–Crippen MR) is 410 cm³/mol. The molecule has 9 heteroatoms. The van der Waals surface area contributed by atoms with Crippen LogP contribution in [0, 0.1) is 0 Å². The Labute approximate surface area is 589 Å². The van der Waals surface area contributed by atoms with E-state index in [1.54, 1.807) is 6.08 Å².